The van der Waals surface area contributed by atoms with Gasteiger partial charge in [-0.25, -0.2) is 0 Å². The Labute approximate surface area is 122 Å². The normalized spacial score (nSPS) is 10.6. The van der Waals surface area contributed by atoms with Crippen molar-refractivity contribution < 1.29 is 14.5 Å². The van der Waals surface area contributed by atoms with Gasteiger partial charge in [0.1, 0.15) is 12.2 Å². The molecule has 0 saturated heterocycles. The molecule has 0 unspecified atom stereocenters. The number of hydrogen-bond donors (Lipinski definition) is 2. The number of nitro benzene ring substituents is 1. The zero-order valence-electron chi connectivity index (χ0n) is 11.5. The number of carbonyl (C=O) groups is 1. The van der Waals surface area contributed by atoms with Crippen LogP contribution in [-0.4, -0.2) is 27.1 Å². The quantitative estimate of drug-likeness (QED) is 0.260. The SMILES string of the molecule is CCOC(=O)Cn1c(=O)c(=O)[nH]c2cc([N+](=O)[O-])c(N)cc21. The summed E-state index contributed by atoms with van der Waals surface area (Å²) in [5.74, 6) is -0.714. The number of rotatable bonds is 4. The lowest BCUT2D eigenvalue weighted by Gasteiger charge is -2.09. The average molecular weight is 308 g/mol. The summed E-state index contributed by atoms with van der Waals surface area (Å²) in [5, 5.41) is 10.9. The summed E-state index contributed by atoms with van der Waals surface area (Å²) in [6.07, 6.45) is 0. The molecule has 0 bridgehead atoms. The minimum absolute atomic E-state index is 0.0230. The third-order valence-electron chi connectivity index (χ3n) is 2.91. The van der Waals surface area contributed by atoms with Gasteiger partial charge in [0, 0.05) is 6.07 Å². The molecular weight excluding hydrogens is 296 g/mol. The fraction of sp³-hybridized carbons (Fsp3) is 0.250. The van der Waals surface area contributed by atoms with Crippen molar-refractivity contribution in [1.29, 1.82) is 0 Å². The molecule has 22 heavy (non-hydrogen) atoms. The monoisotopic (exact) mass is 308 g/mol. The first-order chi connectivity index (χ1) is 10.3. The topological polar surface area (TPSA) is 150 Å². The summed E-state index contributed by atoms with van der Waals surface area (Å²) in [6.45, 7) is 1.21. The highest BCUT2D eigenvalue weighted by molar-refractivity contribution is 5.85. The molecular formula is C12H12N4O6. The molecule has 1 aromatic heterocycles. The number of nitrogens with two attached hydrogens (primary N) is 1. The van der Waals surface area contributed by atoms with Crippen LogP contribution in [0.2, 0.25) is 0 Å². The smallest absolute Gasteiger partial charge is 0.326 e. The van der Waals surface area contributed by atoms with Crippen molar-refractivity contribution in [3.63, 3.8) is 0 Å². The zero-order chi connectivity index (χ0) is 16.4. The van der Waals surface area contributed by atoms with Crippen LogP contribution in [0.1, 0.15) is 6.92 Å². The Bertz CT molecular complexity index is 882. The molecule has 3 N–H and O–H groups in total. The van der Waals surface area contributed by atoms with E-state index in [1.165, 1.54) is 0 Å². The number of ether oxygens (including phenoxy) is 1. The average Bonchev–Trinajstić information content (AvgIpc) is 2.44. The molecule has 1 heterocycles. The number of nitro groups is 1. The maximum Gasteiger partial charge on any atom is 0.326 e. The first-order valence-electron chi connectivity index (χ1n) is 6.21. The van der Waals surface area contributed by atoms with Crippen LogP contribution in [0.25, 0.3) is 11.0 Å². The second-order valence-corrected chi connectivity index (χ2v) is 4.34. The van der Waals surface area contributed by atoms with Crippen LogP contribution in [0, 0.1) is 10.1 Å². The fourth-order valence-electron chi connectivity index (χ4n) is 1.97. The van der Waals surface area contributed by atoms with E-state index in [1.807, 2.05) is 0 Å². The van der Waals surface area contributed by atoms with E-state index in [9.17, 15) is 24.5 Å². The lowest BCUT2D eigenvalue weighted by Crippen LogP contribution is -2.38. The van der Waals surface area contributed by atoms with Crippen LogP contribution in [0.4, 0.5) is 11.4 Å². The minimum Gasteiger partial charge on any atom is -0.465 e. The van der Waals surface area contributed by atoms with Crippen LogP contribution in [0.3, 0.4) is 0 Å². The highest BCUT2D eigenvalue weighted by atomic mass is 16.6. The molecule has 0 saturated carbocycles. The Balaban J connectivity index is 2.74. The van der Waals surface area contributed by atoms with Gasteiger partial charge in [0.05, 0.1) is 22.6 Å². The van der Waals surface area contributed by atoms with E-state index in [0.717, 1.165) is 16.7 Å². The number of nitrogens with zero attached hydrogens (tertiary/aromatic N) is 2. The van der Waals surface area contributed by atoms with Gasteiger partial charge in [-0.2, -0.15) is 0 Å². The highest BCUT2D eigenvalue weighted by Gasteiger charge is 2.18. The number of H-pyrrole nitrogens is 1. The summed E-state index contributed by atoms with van der Waals surface area (Å²) >= 11 is 0. The van der Waals surface area contributed by atoms with E-state index in [2.05, 4.69) is 4.98 Å². The zero-order valence-corrected chi connectivity index (χ0v) is 11.5. The number of benzene rings is 1. The predicted molar refractivity (Wildman–Crippen MR) is 76.5 cm³/mol. The molecule has 0 fully saturated rings. The van der Waals surface area contributed by atoms with Gasteiger partial charge < -0.3 is 15.5 Å². The Hall–Kier alpha value is -3.17. The molecule has 0 amide bonds. The van der Waals surface area contributed by atoms with Crippen molar-refractivity contribution in [3.05, 3.63) is 43.0 Å². The first kappa shape index (κ1) is 15.2. The Kier molecular flexibility index (Phi) is 3.93. The Morgan fingerprint density at radius 2 is 2.14 bits per heavy atom. The van der Waals surface area contributed by atoms with Crippen molar-refractivity contribution in [2.75, 3.05) is 12.3 Å². The number of nitrogens with one attached hydrogen (secondary N) is 1. The molecule has 0 aliphatic heterocycles. The van der Waals surface area contributed by atoms with Crippen LogP contribution >= 0.6 is 0 Å². The van der Waals surface area contributed by atoms with E-state index in [0.29, 0.717) is 0 Å². The largest absolute Gasteiger partial charge is 0.465 e. The molecule has 2 aromatic rings. The number of nitrogen functional groups attached to an aromatic ring is 1. The van der Waals surface area contributed by atoms with Crippen molar-refractivity contribution in [2.24, 2.45) is 0 Å². The third kappa shape index (κ3) is 2.66. The lowest BCUT2D eigenvalue weighted by atomic mass is 10.2. The number of fused-ring (bicyclic) bond motifs is 1. The van der Waals surface area contributed by atoms with E-state index in [4.69, 9.17) is 10.5 Å². The second kappa shape index (κ2) is 5.68. The van der Waals surface area contributed by atoms with Crippen molar-refractivity contribution in [1.82, 2.24) is 9.55 Å². The van der Waals surface area contributed by atoms with Crippen molar-refractivity contribution >= 4 is 28.4 Å². The number of aromatic nitrogens is 2. The van der Waals surface area contributed by atoms with Gasteiger partial charge in [0.25, 0.3) is 5.69 Å². The summed E-state index contributed by atoms with van der Waals surface area (Å²) in [6, 6.07) is 2.19. The number of carbonyl (C=O) groups excluding carboxylic acids is 1. The Morgan fingerprint density at radius 3 is 2.73 bits per heavy atom. The standard InChI is InChI=1S/C12H12N4O6/c1-2-22-10(17)5-15-9-3-6(13)8(16(20)21)4-7(9)14-11(18)12(15)19/h3-4H,2,5,13H2,1H3,(H,14,18). The lowest BCUT2D eigenvalue weighted by molar-refractivity contribution is -0.383. The molecule has 0 radical (unpaired) electrons. The van der Waals surface area contributed by atoms with Gasteiger partial charge in [0.2, 0.25) is 0 Å². The summed E-state index contributed by atoms with van der Waals surface area (Å²) < 4.78 is 5.60. The van der Waals surface area contributed by atoms with E-state index in [-0.39, 0.29) is 23.3 Å². The fourth-order valence-corrected chi connectivity index (χ4v) is 1.97. The summed E-state index contributed by atoms with van der Waals surface area (Å²) in [7, 11) is 0. The maximum absolute atomic E-state index is 11.9. The number of anilines is 1. The third-order valence-corrected chi connectivity index (χ3v) is 2.91. The molecule has 0 atom stereocenters. The molecule has 0 spiro atoms. The maximum atomic E-state index is 11.9. The molecule has 1 aromatic carbocycles. The van der Waals surface area contributed by atoms with Crippen LogP contribution in [-0.2, 0) is 16.1 Å². The van der Waals surface area contributed by atoms with Crippen LogP contribution in [0.15, 0.2) is 21.7 Å². The molecule has 0 aliphatic carbocycles. The van der Waals surface area contributed by atoms with E-state index in [1.54, 1.807) is 6.92 Å². The number of hydrogen-bond acceptors (Lipinski definition) is 7. The Morgan fingerprint density at radius 1 is 1.45 bits per heavy atom. The first-order valence-corrected chi connectivity index (χ1v) is 6.21. The molecule has 2 rings (SSSR count). The van der Waals surface area contributed by atoms with Gasteiger partial charge in [-0.1, -0.05) is 0 Å². The predicted octanol–water partition coefficient (Wildman–Crippen LogP) is -0.257. The second-order valence-electron chi connectivity index (χ2n) is 4.34. The van der Waals surface area contributed by atoms with E-state index >= 15 is 0 Å². The molecule has 116 valence electrons. The van der Waals surface area contributed by atoms with Crippen LogP contribution in [0.5, 0.6) is 0 Å². The van der Waals surface area contributed by atoms with Crippen molar-refractivity contribution in [3.8, 4) is 0 Å². The molecule has 10 nitrogen and oxygen atoms in total. The van der Waals surface area contributed by atoms with Crippen LogP contribution < -0.4 is 16.9 Å². The number of esters is 1. The van der Waals surface area contributed by atoms with Crippen molar-refractivity contribution in [2.45, 2.75) is 13.5 Å². The highest BCUT2D eigenvalue weighted by Crippen LogP contribution is 2.25. The van der Waals surface area contributed by atoms with Gasteiger partial charge in [-0.05, 0) is 13.0 Å². The molecule has 10 heteroatoms. The molecule has 0 aliphatic rings. The van der Waals surface area contributed by atoms with Gasteiger partial charge >= 0.3 is 17.1 Å². The van der Waals surface area contributed by atoms with Gasteiger partial charge in [-0.3, -0.25) is 29.1 Å². The van der Waals surface area contributed by atoms with E-state index < -0.39 is 34.2 Å². The minimum atomic E-state index is -1.00. The summed E-state index contributed by atoms with van der Waals surface area (Å²) in [5.41, 5.74) is 3.10. The van der Waals surface area contributed by atoms with Gasteiger partial charge in [0.15, 0.2) is 0 Å². The summed E-state index contributed by atoms with van der Waals surface area (Å²) in [4.78, 5) is 47.4. The van der Waals surface area contributed by atoms with Gasteiger partial charge in [-0.15, -0.1) is 0 Å². The number of aromatic amines is 1.